The van der Waals surface area contributed by atoms with Crippen LogP contribution in [-0.4, -0.2) is 24.1 Å². The summed E-state index contributed by atoms with van der Waals surface area (Å²) in [4.78, 5) is 10.5. The molecule has 3 N–H and O–H groups in total. The summed E-state index contributed by atoms with van der Waals surface area (Å²) in [6.45, 7) is 2.72. The second-order valence-electron chi connectivity index (χ2n) is 4.62. The van der Waals surface area contributed by atoms with Gasteiger partial charge in [0.25, 0.3) is 0 Å². The SMILES string of the molecule is Cc1c(N)cccc1CNc1ccnc(N(C)C)n1. The predicted octanol–water partition coefficient (Wildman–Crippen LogP) is 2.05. The molecule has 0 amide bonds. The third-order valence-corrected chi connectivity index (χ3v) is 2.99. The summed E-state index contributed by atoms with van der Waals surface area (Å²) in [5.74, 6) is 1.50. The summed E-state index contributed by atoms with van der Waals surface area (Å²) in [6, 6.07) is 7.79. The lowest BCUT2D eigenvalue weighted by Crippen LogP contribution is -2.13. The monoisotopic (exact) mass is 257 g/mol. The van der Waals surface area contributed by atoms with Gasteiger partial charge in [-0.2, -0.15) is 4.98 Å². The molecule has 1 aromatic heterocycles. The molecule has 0 atom stereocenters. The van der Waals surface area contributed by atoms with Crippen molar-refractivity contribution >= 4 is 17.5 Å². The summed E-state index contributed by atoms with van der Waals surface area (Å²) < 4.78 is 0. The van der Waals surface area contributed by atoms with Crippen molar-refractivity contribution in [2.75, 3.05) is 30.0 Å². The molecule has 2 aromatic rings. The Morgan fingerprint density at radius 2 is 2.05 bits per heavy atom. The van der Waals surface area contributed by atoms with E-state index in [-0.39, 0.29) is 0 Å². The number of nitrogens with two attached hydrogens (primary N) is 1. The highest BCUT2D eigenvalue weighted by Crippen LogP contribution is 2.17. The molecule has 5 heteroatoms. The molecule has 2 rings (SSSR count). The van der Waals surface area contributed by atoms with Crippen LogP contribution in [0.15, 0.2) is 30.5 Å². The van der Waals surface area contributed by atoms with Crippen molar-refractivity contribution in [3.05, 3.63) is 41.6 Å². The largest absolute Gasteiger partial charge is 0.399 e. The quantitative estimate of drug-likeness (QED) is 0.820. The second-order valence-corrected chi connectivity index (χ2v) is 4.62. The van der Waals surface area contributed by atoms with Gasteiger partial charge in [0.05, 0.1) is 0 Å². The van der Waals surface area contributed by atoms with Gasteiger partial charge in [0, 0.05) is 32.5 Å². The summed E-state index contributed by atoms with van der Waals surface area (Å²) in [5.41, 5.74) is 8.99. The minimum Gasteiger partial charge on any atom is -0.399 e. The number of rotatable bonds is 4. The van der Waals surface area contributed by atoms with E-state index in [9.17, 15) is 0 Å². The summed E-state index contributed by atoms with van der Waals surface area (Å²) in [5, 5.41) is 3.29. The van der Waals surface area contributed by atoms with Gasteiger partial charge in [0.2, 0.25) is 5.95 Å². The standard InChI is InChI=1S/C14H19N5/c1-10-11(5-4-6-12(10)15)9-17-13-7-8-16-14(18-13)19(2)3/h4-8H,9,15H2,1-3H3,(H,16,17,18). The Morgan fingerprint density at radius 3 is 2.79 bits per heavy atom. The highest BCUT2D eigenvalue weighted by Gasteiger charge is 2.03. The van der Waals surface area contributed by atoms with Gasteiger partial charge in [-0.15, -0.1) is 0 Å². The van der Waals surface area contributed by atoms with Crippen molar-refractivity contribution in [1.82, 2.24) is 9.97 Å². The van der Waals surface area contributed by atoms with E-state index in [0.717, 1.165) is 17.1 Å². The molecule has 1 aromatic carbocycles. The van der Waals surface area contributed by atoms with Crippen LogP contribution in [0.5, 0.6) is 0 Å². The highest BCUT2D eigenvalue weighted by molar-refractivity contribution is 5.51. The third-order valence-electron chi connectivity index (χ3n) is 2.99. The van der Waals surface area contributed by atoms with E-state index < -0.39 is 0 Å². The topological polar surface area (TPSA) is 67.1 Å². The van der Waals surface area contributed by atoms with Crippen LogP contribution in [0.3, 0.4) is 0 Å². The molecule has 0 spiro atoms. The first-order chi connectivity index (χ1) is 9.08. The van der Waals surface area contributed by atoms with Crippen LogP contribution in [0.2, 0.25) is 0 Å². The molecule has 0 aliphatic carbocycles. The van der Waals surface area contributed by atoms with Crippen LogP contribution >= 0.6 is 0 Å². The summed E-state index contributed by atoms with van der Waals surface area (Å²) >= 11 is 0. The lowest BCUT2D eigenvalue weighted by atomic mass is 10.1. The van der Waals surface area contributed by atoms with Gasteiger partial charge in [-0.1, -0.05) is 12.1 Å². The fourth-order valence-corrected chi connectivity index (χ4v) is 1.74. The Morgan fingerprint density at radius 1 is 1.26 bits per heavy atom. The minimum absolute atomic E-state index is 0.689. The van der Waals surface area contributed by atoms with E-state index in [0.29, 0.717) is 12.5 Å². The number of aromatic nitrogens is 2. The number of hydrogen-bond acceptors (Lipinski definition) is 5. The molecule has 0 fully saturated rings. The van der Waals surface area contributed by atoms with Crippen LogP contribution in [0, 0.1) is 6.92 Å². The van der Waals surface area contributed by atoms with E-state index >= 15 is 0 Å². The molecular formula is C14H19N5. The maximum Gasteiger partial charge on any atom is 0.226 e. The summed E-state index contributed by atoms with van der Waals surface area (Å²) in [7, 11) is 3.84. The van der Waals surface area contributed by atoms with E-state index in [1.165, 1.54) is 5.56 Å². The van der Waals surface area contributed by atoms with E-state index in [4.69, 9.17) is 5.73 Å². The molecular weight excluding hydrogens is 238 g/mol. The normalized spacial score (nSPS) is 10.3. The molecule has 0 unspecified atom stereocenters. The average molecular weight is 257 g/mol. The molecule has 100 valence electrons. The van der Waals surface area contributed by atoms with Gasteiger partial charge in [-0.25, -0.2) is 4.98 Å². The number of anilines is 3. The Labute approximate surface area is 113 Å². The molecule has 19 heavy (non-hydrogen) atoms. The minimum atomic E-state index is 0.689. The van der Waals surface area contributed by atoms with Crippen LogP contribution < -0.4 is 16.0 Å². The van der Waals surface area contributed by atoms with Gasteiger partial charge in [0.1, 0.15) is 5.82 Å². The van der Waals surface area contributed by atoms with Crippen molar-refractivity contribution in [2.45, 2.75) is 13.5 Å². The number of nitrogen functional groups attached to an aromatic ring is 1. The number of nitrogens with zero attached hydrogens (tertiary/aromatic N) is 3. The van der Waals surface area contributed by atoms with E-state index in [1.54, 1.807) is 6.20 Å². The average Bonchev–Trinajstić information content (AvgIpc) is 2.41. The van der Waals surface area contributed by atoms with E-state index in [1.807, 2.05) is 44.1 Å². The van der Waals surface area contributed by atoms with E-state index in [2.05, 4.69) is 21.4 Å². The molecule has 0 saturated carbocycles. The van der Waals surface area contributed by atoms with Crippen LogP contribution in [0.1, 0.15) is 11.1 Å². The highest BCUT2D eigenvalue weighted by atomic mass is 15.2. The van der Waals surface area contributed by atoms with Crippen molar-refractivity contribution in [2.24, 2.45) is 0 Å². The van der Waals surface area contributed by atoms with Crippen LogP contribution in [0.4, 0.5) is 17.5 Å². The maximum absolute atomic E-state index is 5.89. The molecule has 5 nitrogen and oxygen atoms in total. The van der Waals surface area contributed by atoms with Gasteiger partial charge >= 0.3 is 0 Å². The predicted molar refractivity (Wildman–Crippen MR) is 79.3 cm³/mol. The fourth-order valence-electron chi connectivity index (χ4n) is 1.74. The molecule has 0 saturated heterocycles. The zero-order valence-electron chi connectivity index (χ0n) is 11.5. The van der Waals surface area contributed by atoms with Gasteiger partial charge in [0.15, 0.2) is 0 Å². The Balaban J connectivity index is 2.10. The zero-order chi connectivity index (χ0) is 13.8. The maximum atomic E-state index is 5.89. The Bertz CT molecular complexity index is 566. The van der Waals surface area contributed by atoms with Gasteiger partial charge < -0.3 is 16.0 Å². The van der Waals surface area contributed by atoms with Crippen molar-refractivity contribution in [1.29, 1.82) is 0 Å². The molecule has 0 bridgehead atoms. The Kier molecular flexibility index (Phi) is 3.85. The molecule has 0 aliphatic heterocycles. The first-order valence-electron chi connectivity index (χ1n) is 6.16. The number of hydrogen-bond donors (Lipinski definition) is 2. The first-order valence-corrected chi connectivity index (χ1v) is 6.16. The Hall–Kier alpha value is -2.30. The molecule has 1 heterocycles. The second kappa shape index (κ2) is 5.56. The van der Waals surface area contributed by atoms with Gasteiger partial charge in [-0.3, -0.25) is 0 Å². The van der Waals surface area contributed by atoms with Crippen molar-refractivity contribution in [3.63, 3.8) is 0 Å². The lowest BCUT2D eigenvalue weighted by molar-refractivity contribution is 0.986. The smallest absolute Gasteiger partial charge is 0.226 e. The van der Waals surface area contributed by atoms with Gasteiger partial charge in [-0.05, 0) is 30.2 Å². The summed E-state index contributed by atoms with van der Waals surface area (Å²) in [6.07, 6.45) is 1.75. The zero-order valence-corrected chi connectivity index (χ0v) is 11.5. The molecule has 0 aliphatic rings. The lowest BCUT2D eigenvalue weighted by Gasteiger charge is -2.13. The van der Waals surface area contributed by atoms with Crippen LogP contribution in [0.25, 0.3) is 0 Å². The third kappa shape index (κ3) is 3.13. The number of benzene rings is 1. The number of nitrogens with one attached hydrogen (secondary N) is 1. The molecule has 0 radical (unpaired) electrons. The van der Waals surface area contributed by atoms with Crippen molar-refractivity contribution < 1.29 is 0 Å². The van der Waals surface area contributed by atoms with Crippen LogP contribution in [-0.2, 0) is 6.54 Å². The fraction of sp³-hybridized carbons (Fsp3) is 0.286. The van der Waals surface area contributed by atoms with Crippen molar-refractivity contribution in [3.8, 4) is 0 Å². The first kappa shape index (κ1) is 13.1.